The van der Waals surface area contributed by atoms with E-state index in [0.29, 0.717) is 19.3 Å². The second-order valence-electron chi connectivity index (χ2n) is 9.16. The van der Waals surface area contributed by atoms with E-state index in [1.54, 1.807) is 0 Å². The average molecular weight is 481 g/mol. The van der Waals surface area contributed by atoms with Gasteiger partial charge in [0.1, 0.15) is 6.61 Å². The summed E-state index contributed by atoms with van der Waals surface area (Å²) in [6.07, 6.45) is -0.250. The van der Waals surface area contributed by atoms with Crippen molar-refractivity contribution in [2.45, 2.75) is 51.2 Å². The molecule has 0 aromatic heterocycles. The normalized spacial score (nSPS) is 19.0. The van der Waals surface area contributed by atoms with E-state index in [2.05, 4.69) is 34.9 Å². The molecular weight excluding hydrogens is 448 g/mol. The van der Waals surface area contributed by atoms with E-state index in [1.165, 1.54) is 0 Å². The van der Waals surface area contributed by atoms with E-state index in [-0.39, 0.29) is 31.6 Å². The molecule has 35 heavy (non-hydrogen) atoms. The maximum atomic E-state index is 13.2. The molecule has 1 heterocycles. The molecule has 1 fully saturated rings. The van der Waals surface area contributed by atoms with Gasteiger partial charge in [-0.3, -0.25) is 4.79 Å². The summed E-state index contributed by atoms with van der Waals surface area (Å²) in [5.41, 5.74) is 3.69. The predicted molar refractivity (Wildman–Crippen MR) is 130 cm³/mol. The van der Waals surface area contributed by atoms with Gasteiger partial charge in [0.15, 0.2) is 6.10 Å². The molecule has 0 spiro atoms. The lowest BCUT2D eigenvalue weighted by Gasteiger charge is -2.32. The molecule has 186 valence electrons. The molecular formula is C27H32N2O6. The highest BCUT2D eigenvalue weighted by Crippen LogP contribution is 2.44. The number of ether oxygens (including phenoxy) is 2. The van der Waals surface area contributed by atoms with Crippen molar-refractivity contribution in [3.05, 3.63) is 59.7 Å². The highest BCUT2D eigenvalue weighted by molar-refractivity contribution is 5.85. The maximum absolute atomic E-state index is 13.2. The summed E-state index contributed by atoms with van der Waals surface area (Å²) >= 11 is 0. The van der Waals surface area contributed by atoms with Crippen molar-refractivity contribution in [3.8, 4) is 11.1 Å². The molecule has 2 aromatic rings. The Morgan fingerprint density at radius 1 is 1.03 bits per heavy atom. The summed E-state index contributed by atoms with van der Waals surface area (Å²) in [5.74, 6) is -1.43. The first-order valence-electron chi connectivity index (χ1n) is 12.1. The Morgan fingerprint density at radius 3 is 2.20 bits per heavy atom. The molecule has 3 N–H and O–H groups in total. The molecule has 8 nitrogen and oxygen atoms in total. The molecule has 1 saturated heterocycles. The molecule has 0 bridgehead atoms. The van der Waals surface area contributed by atoms with Crippen molar-refractivity contribution in [3.63, 3.8) is 0 Å². The van der Waals surface area contributed by atoms with Gasteiger partial charge in [0, 0.05) is 19.1 Å². The van der Waals surface area contributed by atoms with E-state index in [9.17, 15) is 19.5 Å². The molecule has 2 unspecified atom stereocenters. The fourth-order valence-electron chi connectivity index (χ4n) is 5.09. The molecule has 8 heteroatoms. The molecule has 0 saturated carbocycles. The first-order chi connectivity index (χ1) is 16.9. The van der Waals surface area contributed by atoms with Gasteiger partial charge in [-0.2, -0.15) is 0 Å². The Morgan fingerprint density at radius 2 is 1.63 bits per heavy atom. The number of carboxylic acid groups (broad SMARTS) is 1. The van der Waals surface area contributed by atoms with Crippen molar-refractivity contribution in [2.24, 2.45) is 5.41 Å². The Hall–Kier alpha value is -3.39. The SMILES string of the molecule is CCC(CC)(CNC(=O)OCC1c2ccccc2-c2ccccc21)C(=O)NC1CCOC1C(=O)O. The lowest BCUT2D eigenvalue weighted by Crippen LogP contribution is -2.53. The van der Waals surface area contributed by atoms with Crippen LogP contribution in [0.2, 0.25) is 0 Å². The largest absolute Gasteiger partial charge is 0.479 e. The van der Waals surface area contributed by atoms with Crippen molar-refractivity contribution >= 4 is 18.0 Å². The van der Waals surface area contributed by atoms with Crippen molar-refractivity contribution < 1.29 is 29.0 Å². The van der Waals surface area contributed by atoms with E-state index >= 15 is 0 Å². The number of alkyl carbamates (subject to hydrolysis) is 1. The molecule has 2 atom stereocenters. The second-order valence-corrected chi connectivity index (χ2v) is 9.16. The van der Waals surface area contributed by atoms with Gasteiger partial charge in [-0.25, -0.2) is 9.59 Å². The van der Waals surface area contributed by atoms with Gasteiger partial charge in [0.2, 0.25) is 5.91 Å². The number of hydrogen-bond donors (Lipinski definition) is 3. The van der Waals surface area contributed by atoms with Gasteiger partial charge in [0.25, 0.3) is 0 Å². The van der Waals surface area contributed by atoms with E-state index in [4.69, 9.17) is 9.47 Å². The number of hydrogen-bond acceptors (Lipinski definition) is 5. The highest BCUT2D eigenvalue weighted by atomic mass is 16.5. The number of carboxylic acids is 1. The number of carbonyl (C=O) groups is 3. The van der Waals surface area contributed by atoms with Crippen molar-refractivity contribution in [1.82, 2.24) is 10.6 Å². The number of carbonyl (C=O) groups excluding carboxylic acids is 2. The van der Waals surface area contributed by atoms with Gasteiger partial charge in [-0.15, -0.1) is 0 Å². The number of fused-ring (bicyclic) bond motifs is 3. The molecule has 0 radical (unpaired) electrons. The molecule has 2 amide bonds. The van der Waals surface area contributed by atoms with Crippen LogP contribution in [0.25, 0.3) is 11.1 Å². The average Bonchev–Trinajstić information content (AvgIpc) is 3.46. The Bertz CT molecular complexity index is 1050. The van der Waals surface area contributed by atoms with Crippen LogP contribution in [-0.2, 0) is 19.1 Å². The van der Waals surface area contributed by atoms with Crippen LogP contribution in [0, 0.1) is 5.41 Å². The van der Waals surface area contributed by atoms with Crippen LogP contribution in [0.4, 0.5) is 4.79 Å². The van der Waals surface area contributed by atoms with Crippen molar-refractivity contribution in [1.29, 1.82) is 0 Å². The van der Waals surface area contributed by atoms with Gasteiger partial charge in [-0.1, -0.05) is 62.4 Å². The smallest absolute Gasteiger partial charge is 0.407 e. The minimum Gasteiger partial charge on any atom is -0.479 e. The van der Waals surface area contributed by atoms with E-state index < -0.39 is 29.6 Å². The number of aliphatic carboxylic acids is 1. The monoisotopic (exact) mass is 480 g/mol. The van der Waals surface area contributed by atoms with Crippen LogP contribution in [0.1, 0.15) is 50.2 Å². The van der Waals surface area contributed by atoms with Gasteiger partial charge in [-0.05, 0) is 41.5 Å². The first-order valence-corrected chi connectivity index (χ1v) is 12.1. The zero-order chi connectivity index (χ0) is 25.0. The number of rotatable bonds is 9. The summed E-state index contributed by atoms with van der Waals surface area (Å²) < 4.78 is 10.8. The zero-order valence-electron chi connectivity index (χ0n) is 20.1. The second kappa shape index (κ2) is 10.5. The molecule has 1 aliphatic carbocycles. The lowest BCUT2D eigenvalue weighted by molar-refractivity contribution is -0.148. The molecule has 2 aliphatic rings. The van der Waals surface area contributed by atoms with Crippen LogP contribution < -0.4 is 10.6 Å². The van der Waals surface area contributed by atoms with Gasteiger partial charge < -0.3 is 25.2 Å². The van der Waals surface area contributed by atoms with Crippen LogP contribution in [-0.4, -0.2) is 55.0 Å². The quantitative estimate of drug-likeness (QED) is 0.504. The number of amides is 2. The minimum absolute atomic E-state index is 0.0473. The Labute approximate surface area is 205 Å². The Kier molecular flexibility index (Phi) is 7.40. The third kappa shape index (κ3) is 4.89. The van der Waals surface area contributed by atoms with Crippen LogP contribution in [0.3, 0.4) is 0 Å². The topological polar surface area (TPSA) is 114 Å². The Balaban J connectivity index is 1.37. The number of benzene rings is 2. The third-order valence-corrected chi connectivity index (χ3v) is 7.40. The van der Waals surface area contributed by atoms with Crippen LogP contribution in [0.15, 0.2) is 48.5 Å². The summed E-state index contributed by atoms with van der Waals surface area (Å²) in [4.78, 5) is 37.2. The standard InChI is InChI=1S/C27H32N2O6/c1-3-27(4-2,25(32)29-22-13-14-34-23(22)24(30)31)16-28-26(33)35-15-21-19-11-7-5-9-17(19)18-10-6-8-12-20(18)21/h5-12,21-23H,3-4,13-16H2,1-2H3,(H,28,33)(H,29,32)(H,30,31). The van der Waals surface area contributed by atoms with Gasteiger partial charge in [0.05, 0.1) is 11.5 Å². The van der Waals surface area contributed by atoms with Crippen molar-refractivity contribution in [2.75, 3.05) is 19.8 Å². The third-order valence-electron chi connectivity index (χ3n) is 7.40. The summed E-state index contributed by atoms with van der Waals surface area (Å²) in [6, 6.07) is 15.7. The van der Waals surface area contributed by atoms with Crippen LogP contribution >= 0.6 is 0 Å². The predicted octanol–water partition coefficient (Wildman–Crippen LogP) is 3.69. The summed E-state index contributed by atoms with van der Waals surface area (Å²) in [6.45, 7) is 4.32. The maximum Gasteiger partial charge on any atom is 0.407 e. The first kappa shape index (κ1) is 24.7. The van der Waals surface area contributed by atoms with E-state index in [0.717, 1.165) is 22.3 Å². The number of nitrogens with one attached hydrogen (secondary N) is 2. The summed E-state index contributed by atoms with van der Waals surface area (Å²) in [7, 11) is 0. The van der Waals surface area contributed by atoms with Gasteiger partial charge >= 0.3 is 12.1 Å². The lowest BCUT2D eigenvalue weighted by atomic mass is 9.81. The molecule has 1 aliphatic heterocycles. The minimum atomic E-state index is -1.09. The van der Waals surface area contributed by atoms with E-state index in [1.807, 2.05) is 38.1 Å². The fourth-order valence-corrected chi connectivity index (χ4v) is 5.09. The highest BCUT2D eigenvalue weighted by Gasteiger charge is 2.41. The molecule has 4 rings (SSSR count). The zero-order valence-corrected chi connectivity index (χ0v) is 20.1. The van der Waals surface area contributed by atoms with Crippen LogP contribution in [0.5, 0.6) is 0 Å². The summed E-state index contributed by atoms with van der Waals surface area (Å²) in [5, 5.41) is 14.9. The fraction of sp³-hybridized carbons (Fsp3) is 0.444. The molecule has 2 aromatic carbocycles.